The smallest absolute Gasteiger partial charge is 0.191 e. The van der Waals surface area contributed by atoms with E-state index in [0.717, 1.165) is 30.2 Å². The zero-order chi connectivity index (χ0) is 19.0. The molecular formula is C20H33N3O2S. The van der Waals surface area contributed by atoms with Crippen LogP contribution in [0.25, 0.3) is 0 Å². The maximum atomic E-state index is 11.4. The molecule has 1 fully saturated rings. The molecule has 1 aromatic rings. The summed E-state index contributed by atoms with van der Waals surface area (Å²) in [7, 11) is -2.99. The van der Waals surface area contributed by atoms with Gasteiger partial charge in [0.15, 0.2) is 15.8 Å². The second-order valence-corrected chi connectivity index (χ2v) is 9.64. The van der Waals surface area contributed by atoms with Crippen molar-refractivity contribution in [2.75, 3.05) is 19.3 Å². The van der Waals surface area contributed by atoms with Crippen LogP contribution >= 0.6 is 0 Å². The number of nitrogens with zero attached hydrogens (tertiary/aromatic N) is 1. The normalized spacial score (nSPS) is 17.3. The van der Waals surface area contributed by atoms with Crippen LogP contribution in [0.4, 0.5) is 0 Å². The molecule has 0 aromatic heterocycles. The minimum absolute atomic E-state index is 0.0832. The molecule has 1 saturated carbocycles. The molecule has 5 nitrogen and oxygen atoms in total. The Kier molecular flexibility index (Phi) is 7.50. The predicted molar refractivity (Wildman–Crippen MR) is 109 cm³/mol. The molecule has 0 bridgehead atoms. The summed E-state index contributed by atoms with van der Waals surface area (Å²) in [6.07, 6.45) is 7.75. The van der Waals surface area contributed by atoms with E-state index in [1.54, 1.807) is 0 Å². The third kappa shape index (κ3) is 6.63. The topological polar surface area (TPSA) is 70.6 Å². The predicted octanol–water partition coefficient (Wildman–Crippen LogP) is 3.26. The summed E-state index contributed by atoms with van der Waals surface area (Å²) in [4.78, 5) is 4.69. The number of aliphatic imine (C=N–C) groups is 1. The Morgan fingerprint density at radius 1 is 1.08 bits per heavy atom. The largest absolute Gasteiger partial charge is 0.357 e. The van der Waals surface area contributed by atoms with Crippen molar-refractivity contribution in [2.45, 2.75) is 58.2 Å². The summed E-state index contributed by atoms with van der Waals surface area (Å²) in [6.45, 7) is 6.74. The molecule has 1 aromatic carbocycles. The zero-order valence-electron chi connectivity index (χ0n) is 16.3. The highest BCUT2D eigenvalue weighted by Crippen LogP contribution is 2.40. The van der Waals surface area contributed by atoms with Crippen LogP contribution in [0.3, 0.4) is 0 Å². The quantitative estimate of drug-likeness (QED) is 0.537. The van der Waals surface area contributed by atoms with Gasteiger partial charge in [0, 0.05) is 19.3 Å². The zero-order valence-corrected chi connectivity index (χ0v) is 17.2. The van der Waals surface area contributed by atoms with Gasteiger partial charge < -0.3 is 10.6 Å². The summed E-state index contributed by atoms with van der Waals surface area (Å²) in [5.74, 6) is 0.937. The highest BCUT2D eigenvalue weighted by molar-refractivity contribution is 7.89. The number of benzene rings is 1. The second kappa shape index (κ2) is 9.40. The van der Waals surface area contributed by atoms with Gasteiger partial charge >= 0.3 is 0 Å². The van der Waals surface area contributed by atoms with Crippen LogP contribution in [0, 0.1) is 5.41 Å². The van der Waals surface area contributed by atoms with Gasteiger partial charge in [-0.3, -0.25) is 0 Å². The minimum Gasteiger partial charge on any atom is -0.357 e. The van der Waals surface area contributed by atoms with E-state index < -0.39 is 9.84 Å². The first kappa shape index (κ1) is 20.7. The standard InChI is InChI=1S/C20H33N3O2S/c1-4-20(12-6-7-13-20)16-23-19(21-5-2)22-14-17-8-10-18(11-9-17)15-26(3,24)25/h8-11H,4-7,12-16H2,1-3H3,(H2,21,22,23). The van der Waals surface area contributed by atoms with E-state index in [0.29, 0.717) is 12.0 Å². The Balaban J connectivity index is 1.95. The molecule has 1 aliphatic rings. The average molecular weight is 380 g/mol. The van der Waals surface area contributed by atoms with Crippen LogP contribution in [-0.4, -0.2) is 33.7 Å². The summed E-state index contributed by atoms with van der Waals surface area (Å²) >= 11 is 0. The van der Waals surface area contributed by atoms with Crippen LogP contribution in [0.5, 0.6) is 0 Å². The van der Waals surface area contributed by atoms with Gasteiger partial charge in [-0.05, 0) is 42.7 Å². The summed E-state index contributed by atoms with van der Waals surface area (Å²) < 4.78 is 22.7. The number of hydrogen-bond donors (Lipinski definition) is 2. The lowest BCUT2D eigenvalue weighted by Crippen LogP contribution is -2.42. The Morgan fingerprint density at radius 3 is 2.23 bits per heavy atom. The summed E-state index contributed by atoms with van der Waals surface area (Å²) in [6, 6.07) is 7.66. The van der Waals surface area contributed by atoms with Gasteiger partial charge in [-0.15, -0.1) is 0 Å². The molecule has 146 valence electrons. The molecule has 2 N–H and O–H groups in total. The fourth-order valence-electron chi connectivity index (χ4n) is 3.61. The van der Waals surface area contributed by atoms with Crippen molar-refractivity contribution in [1.29, 1.82) is 0 Å². The highest BCUT2D eigenvalue weighted by atomic mass is 32.2. The van der Waals surface area contributed by atoms with Crippen molar-refractivity contribution in [1.82, 2.24) is 10.6 Å². The number of rotatable bonds is 8. The van der Waals surface area contributed by atoms with Crippen molar-refractivity contribution in [3.8, 4) is 0 Å². The van der Waals surface area contributed by atoms with Gasteiger partial charge in [0.2, 0.25) is 0 Å². The van der Waals surface area contributed by atoms with Gasteiger partial charge in [-0.25, -0.2) is 13.4 Å². The van der Waals surface area contributed by atoms with Gasteiger partial charge in [-0.1, -0.05) is 44.0 Å². The SMILES string of the molecule is CCNC(=NCc1ccc(CS(C)(=O)=O)cc1)NCC1(CC)CCCC1. The van der Waals surface area contributed by atoms with E-state index in [1.807, 2.05) is 24.3 Å². The summed E-state index contributed by atoms with van der Waals surface area (Å²) in [5, 5.41) is 6.85. The molecule has 0 radical (unpaired) electrons. The fraction of sp³-hybridized carbons (Fsp3) is 0.650. The van der Waals surface area contributed by atoms with Crippen LogP contribution in [0.1, 0.15) is 57.1 Å². The van der Waals surface area contributed by atoms with Crippen molar-refractivity contribution < 1.29 is 8.42 Å². The van der Waals surface area contributed by atoms with E-state index in [9.17, 15) is 8.42 Å². The third-order valence-corrected chi connectivity index (χ3v) is 6.12. The van der Waals surface area contributed by atoms with Gasteiger partial charge in [0.05, 0.1) is 12.3 Å². The molecule has 0 amide bonds. The Bertz CT molecular complexity index is 690. The molecule has 0 spiro atoms. The molecule has 0 saturated heterocycles. The number of guanidine groups is 1. The lowest BCUT2D eigenvalue weighted by Gasteiger charge is -2.28. The highest BCUT2D eigenvalue weighted by Gasteiger charge is 2.31. The first-order chi connectivity index (χ1) is 12.4. The molecule has 26 heavy (non-hydrogen) atoms. The van der Waals surface area contributed by atoms with E-state index in [4.69, 9.17) is 4.99 Å². The van der Waals surface area contributed by atoms with E-state index in [-0.39, 0.29) is 5.75 Å². The molecule has 1 aliphatic carbocycles. The van der Waals surface area contributed by atoms with Crippen molar-refractivity contribution >= 4 is 15.8 Å². The molecule has 6 heteroatoms. The number of nitrogens with one attached hydrogen (secondary N) is 2. The van der Waals surface area contributed by atoms with Crippen molar-refractivity contribution in [3.05, 3.63) is 35.4 Å². The lowest BCUT2D eigenvalue weighted by molar-refractivity contribution is 0.283. The monoisotopic (exact) mass is 379 g/mol. The lowest BCUT2D eigenvalue weighted by atomic mass is 9.83. The summed E-state index contributed by atoms with van der Waals surface area (Å²) in [5.41, 5.74) is 2.31. The molecule has 0 aliphatic heterocycles. The maximum absolute atomic E-state index is 11.4. The van der Waals surface area contributed by atoms with Gasteiger partial charge in [-0.2, -0.15) is 0 Å². The number of hydrogen-bond acceptors (Lipinski definition) is 3. The Labute approximate surface area is 158 Å². The van der Waals surface area contributed by atoms with Gasteiger partial charge in [0.25, 0.3) is 0 Å². The van der Waals surface area contributed by atoms with E-state index >= 15 is 0 Å². The molecule has 0 heterocycles. The van der Waals surface area contributed by atoms with Crippen LogP contribution in [0.2, 0.25) is 0 Å². The third-order valence-electron chi connectivity index (χ3n) is 5.26. The first-order valence-electron chi connectivity index (χ1n) is 9.63. The molecular weight excluding hydrogens is 346 g/mol. The van der Waals surface area contributed by atoms with Crippen molar-refractivity contribution in [2.24, 2.45) is 10.4 Å². The minimum atomic E-state index is -2.99. The van der Waals surface area contributed by atoms with Crippen LogP contribution in [0.15, 0.2) is 29.3 Å². The van der Waals surface area contributed by atoms with E-state index in [1.165, 1.54) is 38.4 Å². The first-order valence-corrected chi connectivity index (χ1v) is 11.7. The maximum Gasteiger partial charge on any atom is 0.191 e. The molecule has 2 rings (SSSR count). The van der Waals surface area contributed by atoms with Crippen LogP contribution < -0.4 is 10.6 Å². The fourth-order valence-corrected chi connectivity index (χ4v) is 4.41. The second-order valence-electron chi connectivity index (χ2n) is 7.50. The van der Waals surface area contributed by atoms with E-state index in [2.05, 4.69) is 24.5 Å². The van der Waals surface area contributed by atoms with Crippen LogP contribution in [-0.2, 0) is 22.1 Å². The average Bonchev–Trinajstić information content (AvgIpc) is 3.07. The van der Waals surface area contributed by atoms with Crippen molar-refractivity contribution in [3.63, 3.8) is 0 Å². The van der Waals surface area contributed by atoms with Gasteiger partial charge in [0.1, 0.15) is 0 Å². The molecule has 0 unspecified atom stereocenters. The number of sulfone groups is 1. The molecule has 0 atom stereocenters. The Hall–Kier alpha value is -1.56. The Morgan fingerprint density at radius 2 is 1.69 bits per heavy atom.